The SMILES string of the molecule is CN(C)C(=O)N1CCC(C(=O)NC2CCCCC2O)CC1. The minimum absolute atomic E-state index is 0.0107. The van der Waals surface area contributed by atoms with Gasteiger partial charge in [-0.25, -0.2) is 4.79 Å². The van der Waals surface area contributed by atoms with Crippen LogP contribution < -0.4 is 5.32 Å². The van der Waals surface area contributed by atoms with E-state index in [0.717, 1.165) is 25.7 Å². The largest absolute Gasteiger partial charge is 0.391 e. The van der Waals surface area contributed by atoms with Gasteiger partial charge in [0.2, 0.25) is 5.91 Å². The lowest BCUT2D eigenvalue weighted by Gasteiger charge is -2.35. The fraction of sp³-hybridized carbons (Fsp3) is 0.867. The zero-order valence-electron chi connectivity index (χ0n) is 13.0. The Labute approximate surface area is 126 Å². The second-order valence-electron chi connectivity index (χ2n) is 6.41. The van der Waals surface area contributed by atoms with Crippen molar-refractivity contribution in [3.63, 3.8) is 0 Å². The van der Waals surface area contributed by atoms with Crippen LogP contribution in [-0.4, -0.2) is 66.2 Å². The Morgan fingerprint density at radius 1 is 1.10 bits per heavy atom. The molecule has 1 saturated heterocycles. The molecule has 6 heteroatoms. The van der Waals surface area contributed by atoms with Crippen LogP contribution in [0.1, 0.15) is 38.5 Å². The Morgan fingerprint density at radius 3 is 2.29 bits per heavy atom. The number of carbonyl (C=O) groups is 2. The van der Waals surface area contributed by atoms with Crippen LogP contribution in [0.25, 0.3) is 0 Å². The second-order valence-corrected chi connectivity index (χ2v) is 6.41. The van der Waals surface area contributed by atoms with E-state index in [-0.39, 0.29) is 23.9 Å². The Balaban J connectivity index is 1.79. The van der Waals surface area contributed by atoms with Crippen LogP contribution in [0.3, 0.4) is 0 Å². The maximum Gasteiger partial charge on any atom is 0.319 e. The normalized spacial score (nSPS) is 27.3. The van der Waals surface area contributed by atoms with Crippen LogP contribution in [0.15, 0.2) is 0 Å². The molecule has 1 aliphatic heterocycles. The molecule has 0 radical (unpaired) electrons. The van der Waals surface area contributed by atoms with Crippen molar-refractivity contribution in [3.05, 3.63) is 0 Å². The third kappa shape index (κ3) is 4.09. The van der Waals surface area contributed by atoms with E-state index in [9.17, 15) is 14.7 Å². The van der Waals surface area contributed by atoms with Crippen molar-refractivity contribution < 1.29 is 14.7 Å². The molecule has 3 amide bonds. The minimum atomic E-state index is -0.405. The average molecular weight is 297 g/mol. The maximum atomic E-state index is 12.3. The van der Waals surface area contributed by atoms with Gasteiger partial charge in [0.1, 0.15) is 0 Å². The lowest BCUT2D eigenvalue weighted by molar-refractivity contribution is -0.128. The smallest absolute Gasteiger partial charge is 0.319 e. The highest BCUT2D eigenvalue weighted by Crippen LogP contribution is 2.22. The van der Waals surface area contributed by atoms with E-state index in [1.807, 2.05) is 0 Å². The van der Waals surface area contributed by atoms with Gasteiger partial charge in [0.15, 0.2) is 0 Å². The molecular formula is C15H27N3O3. The van der Waals surface area contributed by atoms with Gasteiger partial charge in [-0.2, -0.15) is 0 Å². The number of carbonyl (C=O) groups excluding carboxylic acids is 2. The summed E-state index contributed by atoms with van der Waals surface area (Å²) >= 11 is 0. The third-order valence-electron chi connectivity index (χ3n) is 4.58. The van der Waals surface area contributed by atoms with Crippen LogP contribution in [0.5, 0.6) is 0 Å². The fourth-order valence-corrected chi connectivity index (χ4v) is 3.20. The predicted octanol–water partition coefficient (Wildman–Crippen LogP) is 0.800. The van der Waals surface area contributed by atoms with Crippen molar-refractivity contribution in [1.82, 2.24) is 15.1 Å². The number of hydrogen-bond donors (Lipinski definition) is 2. The number of piperidine rings is 1. The molecule has 2 aliphatic rings. The Bertz CT molecular complexity index is 378. The van der Waals surface area contributed by atoms with Crippen LogP contribution >= 0.6 is 0 Å². The molecule has 6 nitrogen and oxygen atoms in total. The van der Waals surface area contributed by atoms with E-state index in [4.69, 9.17) is 0 Å². The average Bonchev–Trinajstić information content (AvgIpc) is 2.49. The molecule has 2 N–H and O–H groups in total. The van der Waals surface area contributed by atoms with Gasteiger partial charge in [0.05, 0.1) is 12.1 Å². The molecule has 0 aromatic carbocycles. The van der Waals surface area contributed by atoms with Crippen LogP contribution in [-0.2, 0) is 4.79 Å². The summed E-state index contributed by atoms with van der Waals surface area (Å²) in [4.78, 5) is 27.5. The first-order chi connectivity index (χ1) is 9.99. The van der Waals surface area contributed by atoms with Crippen molar-refractivity contribution in [3.8, 4) is 0 Å². The van der Waals surface area contributed by atoms with E-state index in [1.54, 1.807) is 23.9 Å². The van der Waals surface area contributed by atoms with Gasteiger partial charge in [-0.1, -0.05) is 12.8 Å². The monoisotopic (exact) mass is 297 g/mol. The quantitative estimate of drug-likeness (QED) is 0.792. The second kappa shape index (κ2) is 7.11. The summed E-state index contributed by atoms with van der Waals surface area (Å²) in [7, 11) is 3.48. The highest BCUT2D eigenvalue weighted by atomic mass is 16.3. The number of aliphatic hydroxyl groups is 1. The summed E-state index contributed by atoms with van der Waals surface area (Å²) in [5.74, 6) is 0.00300. The molecule has 0 spiro atoms. The summed E-state index contributed by atoms with van der Waals surface area (Å²) in [5.41, 5.74) is 0. The van der Waals surface area contributed by atoms with Crippen LogP contribution in [0, 0.1) is 5.92 Å². The maximum absolute atomic E-state index is 12.3. The lowest BCUT2D eigenvalue weighted by Crippen LogP contribution is -2.50. The zero-order valence-corrected chi connectivity index (χ0v) is 13.0. The van der Waals surface area contributed by atoms with Crippen molar-refractivity contribution in [2.24, 2.45) is 5.92 Å². The standard InChI is InChI=1S/C15H27N3O3/c1-17(2)15(21)18-9-7-11(8-10-18)14(20)16-12-5-3-4-6-13(12)19/h11-13,19H,3-10H2,1-2H3,(H,16,20). The number of amides is 3. The molecular weight excluding hydrogens is 270 g/mol. The lowest BCUT2D eigenvalue weighted by atomic mass is 9.90. The molecule has 0 aromatic rings. The summed E-state index contributed by atoms with van der Waals surface area (Å²) in [6, 6.07) is -0.0794. The highest BCUT2D eigenvalue weighted by molar-refractivity contribution is 5.80. The van der Waals surface area contributed by atoms with E-state index in [1.165, 1.54) is 0 Å². The minimum Gasteiger partial charge on any atom is -0.391 e. The number of rotatable bonds is 2. The van der Waals surface area contributed by atoms with E-state index in [2.05, 4.69) is 5.32 Å². The number of nitrogens with zero attached hydrogens (tertiary/aromatic N) is 2. The molecule has 1 saturated carbocycles. The highest BCUT2D eigenvalue weighted by Gasteiger charge is 2.31. The van der Waals surface area contributed by atoms with Gasteiger partial charge < -0.3 is 20.2 Å². The molecule has 2 fully saturated rings. The Morgan fingerprint density at radius 2 is 1.71 bits per heavy atom. The molecule has 21 heavy (non-hydrogen) atoms. The number of urea groups is 1. The molecule has 0 aromatic heterocycles. The third-order valence-corrected chi connectivity index (χ3v) is 4.58. The van der Waals surface area contributed by atoms with Gasteiger partial charge in [-0.15, -0.1) is 0 Å². The number of hydrogen-bond acceptors (Lipinski definition) is 3. The molecule has 0 bridgehead atoms. The molecule has 1 aliphatic carbocycles. The van der Waals surface area contributed by atoms with Crippen molar-refractivity contribution in [2.45, 2.75) is 50.7 Å². The summed E-state index contributed by atoms with van der Waals surface area (Å²) in [6.45, 7) is 1.25. The van der Waals surface area contributed by atoms with Gasteiger partial charge >= 0.3 is 6.03 Å². The van der Waals surface area contributed by atoms with E-state index in [0.29, 0.717) is 25.9 Å². The topological polar surface area (TPSA) is 72.9 Å². The Hall–Kier alpha value is -1.30. The van der Waals surface area contributed by atoms with Crippen LogP contribution in [0.4, 0.5) is 4.79 Å². The number of aliphatic hydroxyl groups excluding tert-OH is 1. The van der Waals surface area contributed by atoms with Crippen LogP contribution in [0.2, 0.25) is 0 Å². The van der Waals surface area contributed by atoms with E-state index >= 15 is 0 Å². The molecule has 2 atom stereocenters. The predicted molar refractivity (Wildman–Crippen MR) is 79.8 cm³/mol. The molecule has 2 unspecified atom stereocenters. The summed E-state index contributed by atoms with van der Waals surface area (Å²) < 4.78 is 0. The fourth-order valence-electron chi connectivity index (χ4n) is 3.20. The summed E-state index contributed by atoms with van der Waals surface area (Å²) in [6.07, 6.45) is 4.75. The van der Waals surface area contributed by atoms with Crippen molar-refractivity contribution >= 4 is 11.9 Å². The molecule has 2 rings (SSSR count). The first kappa shape index (κ1) is 16.1. The van der Waals surface area contributed by atoms with Gasteiger partial charge in [0.25, 0.3) is 0 Å². The van der Waals surface area contributed by atoms with E-state index < -0.39 is 6.10 Å². The molecule has 120 valence electrons. The van der Waals surface area contributed by atoms with Crippen molar-refractivity contribution in [2.75, 3.05) is 27.2 Å². The Kier molecular flexibility index (Phi) is 5.45. The number of likely N-dealkylation sites (tertiary alicyclic amines) is 1. The molecule has 1 heterocycles. The van der Waals surface area contributed by atoms with Gasteiger partial charge in [-0.3, -0.25) is 4.79 Å². The van der Waals surface area contributed by atoms with Crippen molar-refractivity contribution in [1.29, 1.82) is 0 Å². The first-order valence-corrected chi connectivity index (χ1v) is 7.93. The van der Waals surface area contributed by atoms with Gasteiger partial charge in [-0.05, 0) is 25.7 Å². The summed E-state index contributed by atoms with van der Waals surface area (Å²) in [5, 5.41) is 12.9. The number of nitrogens with one attached hydrogen (secondary N) is 1. The van der Waals surface area contributed by atoms with Gasteiger partial charge in [0, 0.05) is 33.1 Å². The zero-order chi connectivity index (χ0) is 15.4. The first-order valence-electron chi connectivity index (χ1n) is 7.93.